The van der Waals surface area contributed by atoms with E-state index >= 15 is 0 Å². The average Bonchev–Trinajstić information content (AvgIpc) is 2.91. The van der Waals surface area contributed by atoms with E-state index in [0.717, 1.165) is 16.7 Å². The van der Waals surface area contributed by atoms with Gasteiger partial charge in [0.25, 0.3) is 5.91 Å². The molecule has 3 amide bonds. The molecule has 216 valence electrons. The monoisotopic (exact) mass is 670 g/mol. The van der Waals surface area contributed by atoms with Crippen LogP contribution in [0.15, 0.2) is 59.7 Å². The Hall–Kier alpha value is -3.93. The van der Waals surface area contributed by atoms with Crippen LogP contribution in [-0.4, -0.2) is 37.1 Å². The second-order valence-electron chi connectivity index (χ2n) is 9.75. The molecule has 41 heavy (non-hydrogen) atoms. The van der Waals surface area contributed by atoms with Crippen molar-refractivity contribution in [1.82, 2.24) is 10.7 Å². The smallest absolute Gasteiger partial charge is 0.329 e. The lowest BCUT2D eigenvalue weighted by Gasteiger charge is -2.15. The minimum atomic E-state index is -0.880. The molecule has 3 rings (SSSR count). The largest absolute Gasteiger partial charge is 0.490 e. The van der Waals surface area contributed by atoms with E-state index in [0.29, 0.717) is 38.8 Å². The van der Waals surface area contributed by atoms with Crippen molar-refractivity contribution in [3.63, 3.8) is 0 Å². The number of hydrazone groups is 1. The number of aryl methyl sites for hydroxylation is 2. The van der Waals surface area contributed by atoms with Gasteiger partial charge in [-0.3, -0.25) is 14.4 Å². The van der Waals surface area contributed by atoms with Gasteiger partial charge in [0.15, 0.2) is 18.1 Å². The van der Waals surface area contributed by atoms with Gasteiger partial charge in [-0.1, -0.05) is 44.2 Å². The third kappa shape index (κ3) is 9.89. The van der Waals surface area contributed by atoms with Crippen LogP contribution < -0.4 is 25.5 Å². The van der Waals surface area contributed by atoms with E-state index in [9.17, 15) is 14.4 Å². The number of rotatable bonds is 11. The summed E-state index contributed by atoms with van der Waals surface area (Å²) in [6.07, 6.45) is 1.40. The van der Waals surface area contributed by atoms with Gasteiger partial charge in [-0.2, -0.15) is 5.10 Å². The van der Waals surface area contributed by atoms with Crippen molar-refractivity contribution >= 4 is 52.2 Å². The molecule has 3 N–H and O–H groups in total. The van der Waals surface area contributed by atoms with Crippen molar-refractivity contribution in [3.05, 3.63) is 86.0 Å². The van der Waals surface area contributed by atoms with Crippen LogP contribution in [0.3, 0.4) is 0 Å². The maximum absolute atomic E-state index is 12.5. The maximum Gasteiger partial charge on any atom is 0.329 e. The Bertz CT molecular complexity index is 1400. The van der Waals surface area contributed by atoms with E-state index in [2.05, 4.69) is 57.6 Å². The number of nitrogens with zero attached hydrogens (tertiary/aromatic N) is 1. The van der Waals surface area contributed by atoms with Crippen LogP contribution in [0.25, 0.3) is 0 Å². The van der Waals surface area contributed by atoms with Gasteiger partial charge in [0, 0.05) is 12.2 Å². The predicted octanol–water partition coefficient (Wildman–Crippen LogP) is 5.21. The second-order valence-corrected chi connectivity index (χ2v) is 10.9. The number of carbonyl (C=O) groups is 3. The Labute approximate surface area is 254 Å². The fourth-order valence-corrected chi connectivity index (χ4v) is 4.73. The van der Waals surface area contributed by atoms with E-state index < -0.39 is 11.8 Å². The van der Waals surface area contributed by atoms with E-state index in [-0.39, 0.29) is 19.1 Å². The topological polar surface area (TPSA) is 118 Å². The van der Waals surface area contributed by atoms with Crippen molar-refractivity contribution in [2.24, 2.45) is 5.10 Å². The van der Waals surface area contributed by atoms with Gasteiger partial charge in [-0.05, 0) is 101 Å². The molecule has 0 atom stereocenters. The zero-order valence-electron chi connectivity index (χ0n) is 23.8. The molecule has 0 spiro atoms. The number of nitrogens with one attached hydrogen (secondary N) is 3. The Morgan fingerprint density at radius 2 is 1.63 bits per heavy atom. The SMILES string of the molecule is CCOc1cc(/C=N\NC(=O)C(=O)NCc2ccc(C(C)C)cc2)cc(I)c1OCC(=O)Nc1cc(C)cc(C)c1. The molecule has 0 bridgehead atoms. The molecule has 0 aromatic heterocycles. The number of amides is 3. The Kier molecular flexibility index (Phi) is 11.7. The lowest BCUT2D eigenvalue weighted by molar-refractivity contribution is -0.139. The highest BCUT2D eigenvalue weighted by Gasteiger charge is 2.15. The van der Waals surface area contributed by atoms with Crippen molar-refractivity contribution in [2.45, 2.75) is 47.1 Å². The first kappa shape index (κ1) is 31.6. The molecule has 0 radical (unpaired) electrons. The Morgan fingerprint density at radius 1 is 0.951 bits per heavy atom. The molecule has 3 aromatic carbocycles. The summed E-state index contributed by atoms with van der Waals surface area (Å²) in [5.41, 5.74) is 7.75. The second kappa shape index (κ2) is 15.2. The molecule has 0 fully saturated rings. The van der Waals surface area contributed by atoms with E-state index in [1.165, 1.54) is 11.8 Å². The molecule has 9 nitrogen and oxygen atoms in total. The highest BCUT2D eigenvalue weighted by molar-refractivity contribution is 14.1. The minimum absolute atomic E-state index is 0.205. The number of ether oxygens (including phenoxy) is 2. The van der Waals surface area contributed by atoms with Crippen molar-refractivity contribution < 1.29 is 23.9 Å². The van der Waals surface area contributed by atoms with Gasteiger partial charge in [-0.25, -0.2) is 5.43 Å². The van der Waals surface area contributed by atoms with Gasteiger partial charge >= 0.3 is 11.8 Å². The van der Waals surface area contributed by atoms with Crippen LogP contribution in [0, 0.1) is 17.4 Å². The molecule has 0 unspecified atom stereocenters. The lowest BCUT2D eigenvalue weighted by Crippen LogP contribution is -2.37. The van der Waals surface area contributed by atoms with Gasteiger partial charge in [0.2, 0.25) is 0 Å². The predicted molar refractivity (Wildman–Crippen MR) is 168 cm³/mol. The van der Waals surface area contributed by atoms with Crippen LogP contribution in [-0.2, 0) is 20.9 Å². The normalized spacial score (nSPS) is 10.9. The van der Waals surface area contributed by atoms with Gasteiger partial charge in [0.05, 0.1) is 16.4 Å². The number of hydrogen-bond donors (Lipinski definition) is 3. The molecular weight excluding hydrogens is 635 g/mol. The first-order valence-electron chi connectivity index (χ1n) is 13.2. The number of halogens is 1. The first-order valence-corrected chi connectivity index (χ1v) is 14.3. The molecule has 0 saturated carbocycles. The summed E-state index contributed by atoms with van der Waals surface area (Å²) in [5, 5.41) is 9.34. The van der Waals surface area contributed by atoms with E-state index in [4.69, 9.17) is 9.47 Å². The van der Waals surface area contributed by atoms with Crippen LogP contribution >= 0.6 is 22.6 Å². The van der Waals surface area contributed by atoms with Gasteiger partial charge in [0.1, 0.15) is 0 Å². The molecule has 0 aliphatic carbocycles. The van der Waals surface area contributed by atoms with Crippen LogP contribution in [0.2, 0.25) is 0 Å². The molecule has 0 aliphatic heterocycles. The maximum atomic E-state index is 12.5. The fourth-order valence-electron chi connectivity index (χ4n) is 3.95. The molecule has 0 aliphatic rings. The zero-order valence-corrected chi connectivity index (χ0v) is 26.0. The highest BCUT2D eigenvalue weighted by atomic mass is 127. The summed E-state index contributed by atoms with van der Waals surface area (Å²) in [5.74, 6) is -0.707. The minimum Gasteiger partial charge on any atom is -0.490 e. The van der Waals surface area contributed by atoms with E-state index in [1.807, 2.05) is 63.2 Å². The summed E-state index contributed by atoms with van der Waals surface area (Å²) in [4.78, 5) is 36.9. The summed E-state index contributed by atoms with van der Waals surface area (Å²) >= 11 is 2.08. The van der Waals surface area contributed by atoms with Gasteiger partial charge < -0.3 is 20.1 Å². The molecule has 0 heterocycles. The standard InChI is InChI=1S/C31H35IN4O5/c1-6-40-27-15-23(14-26(32)29(27)41-18-28(37)35-25-12-20(4)11-21(5)13-25)17-34-36-31(39)30(38)33-16-22-7-9-24(10-8-22)19(2)3/h7-15,17,19H,6,16,18H2,1-5H3,(H,33,38)(H,35,37)(H,36,39)/b34-17-. The first-order chi connectivity index (χ1) is 19.5. The van der Waals surface area contributed by atoms with Crippen LogP contribution in [0.4, 0.5) is 5.69 Å². The summed E-state index contributed by atoms with van der Waals surface area (Å²) in [7, 11) is 0. The number of benzene rings is 3. The third-order valence-corrected chi connectivity index (χ3v) is 6.67. The van der Waals surface area contributed by atoms with Crippen molar-refractivity contribution in [3.8, 4) is 11.5 Å². The molecule has 10 heteroatoms. The Balaban J connectivity index is 1.56. The van der Waals surface area contributed by atoms with Crippen LogP contribution in [0.1, 0.15) is 54.5 Å². The molecular formula is C31H35IN4O5. The number of anilines is 1. The fraction of sp³-hybridized carbons (Fsp3) is 0.290. The summed E-state index contributed by atoms with van der Waals surface area (Å²) < 4.78 is 12.2. The van der Waals surface area contributed by atoms with Crippen molar-refractivity contribution in [2.75, 3.05) is 18.5 Å². The van der Waals surface area contributed by atoms with Gasteiger partial charge in [-0.15, -0.1) is 0 Å². The summed E-state index contributed by atoms with van der Waals surface area (Å²) in [6, 6.07) is 17.1. The molecule has 0 saturated heterocycles. The quantitative estimate of drug-likeness (QED) is 0.112. The Morgan fingerprint density at radius 3 is 2.27 bits per heavy atom. The number of carbonyl (C=O) groups excluding carboxylic acids is 3. The third-order valence-electron chi connectivity index (χ3n) is 5.87. The number of hydrogen-bond acceptors (Lipinski definition) is 6. The van der Waals surface area contributed by atoms with Crippen molar-refractivity contribution in [1.29, 1.82) is 0 Å². The van der Waals surface area contributed by atoms with E-state index in [1.54, 1.807) is 12.1 Å². The average molecular weight is 671 g/mol. The lowest BCUT2D eigenvalue weighted by atomic mass is 10.0. The summed E-state index contributed by atoms with van der Waals surface area (Å²) in [6.45, 7) is 10.4. The highest BCUT2D eigenvalue weighted by Crippen LogP contribution is 2.34. The zero-order chi connectivity index (χ0) is 29.9. The molecule has 3 aromatic rings. The van der Waals surface area contributed by atoms with Crippen LogP contribution in [0.5, 0.6) is 11.5 Å².